The highest BCUT2D eigenvalue weighted by Crippen LogP contribution is 2.43. The van der Waals surface area contributed by atoms with Crippen molar-refractivity contribution < 1.29 is 4.74 Å². The topological polar surface area (TPSA) is 38.5 Å². The fourth-order valence-electron chi connectivity index (χ4n) is 3.42. The van der Waals surface area contributed by atoms with Crippen LogP contribution < -0.4 is 15.4 Å². The molecule has 0 aliphatic carbocycles. The van der Waals surface area contributed by atoms with Crippen molar-refractivity contribution in [2.24, 2.45) is 5.73 Å². The van der Waals surface area contributed by atoms with Gasteiger partial charge in [0.25, 0.3) is 0 Å². The average Bonchev–Trinajstić information content (AvgIpc) is 2.76. The molecule has 2 unspecified atom stereocenters. The van der Waals surface area contributed by atoms with Gasteiger partial charge in [-0.3, -0.25) is 0 Å². The molecular formula is C14H20N2O. The fraction of sp³-hybridized carbons (Fsp3) is 0.571. The molecule has 17 heavy (non-hydrogen) atoms. The van der Waals surface area contributed by atoms with Gasteiger partial charge >= 0.3 is 0 Å². The maximum absolute atomic E-state index is 5.91. The summed E-state index contributed by atoms with van der Waals surface area (Å²) >= 11 is 0. The number of nitrogens with two attached hydrogens (primary N) is 1. The van der Waals surface area contributed by atoms with Crippen molar-refractivity contribution in [3.05, 3.63) is 23.8 Å². The Morgan fingerprint density at radius 1 is 1.41 bits per heavy atom. The lowest BCUT2D eigenvalue weighted by Gasteiger charge is -2.39. The first-order valence-electron chi connectivity index (χ1n) is 6.49. The van der Waals surface area contributed by atoms with E-state index < -0.39 is 0 Å². The van der Waals surface area contributed by atoms with E-state index in [0.717, 1.165) is 18.7 Å². The van der Waals surface area contributed by atoms with Crippen molar-refractivity contribution in [3.8, 4) is 5.75 Å². The molecule has 0 aromatic heterocycles. The van der Waals surface area contributed by atoms with Gasteiger partial charge in [0, 0.05) is 29.9 Å². The zero-order chi connectivity index (χ0) is 11.8. The molecule has 3 rings (SSSR count). The van der Waals surface area contributed by atoms with E-state index in [-0.39, 0.29) is 0 Å². The average molecular weight is 232 g/mol. The minimum absolute atomic E-state index is 0.516. The van der Waals surface area contributed by atoms with Gasteiger partial charge in [-0.2, -0.15) is 0 Å². The van der Waals surface area contributed by atoms with Gasteiger partial charge in [-0.15, -0.1) is 0 Å². The Bertz CT molecular complexity index is 419. The second-order valence-corrected chi connectivity index (χ2v) is 5.04. The molecule has 0 amide bonds. The predicted molar refractivity (Wildman–Crippen MR) is 69.7 cm³/mol. The SMILES string of the molecule is COc1cccc2c1CC1CCCC(CN)N21. The van der Waals surface area contributed by atoms with Gasteiger partial charge < -0.3 is 15.4 Å². The monoisotopic (exact) mass is 232 g/mol. The number of benzene rings is 1. The zero-order valence-electron chi connectivity index (χ0n) is 10.4. The van der Waals surface area contributed by atoms with Crippen LogP contribution >= 0.6 is 0 Å². The fourth-order valence-corrected chi connectivity index (χ4v) is 3.42. The van der Waals surface area contributed by atoms with Crippen molar-refractivity contribution in [3.63, 3.8) is 0 Å². The highest BCUT2D eigenvalue weighted by Gasteiger charge is 2.37. The Labute approximate surface area is 103 Å². The van der Waals surface area contributed by atoms with Crippen molar-refractivity contribution >= 4 is 5.69 Å². The number of nitrogens with zero attached hydrogens (tertiary/aromatic N) is 1. The first-order valence-corrected chi connectivity index (χ1v) is 6.49. The Morgan fingerprint density at radius 2 is 2.29 bits per heavy atom. The Balaban J connectivity index is 2.02. The van der Waals surface area contributed by atoms with E-state index >= 15 is 0 Å². The molecule has 1 fully saturated rings. The van der Waals surface area contributed by atoms with Crippen molar-refractivity contribution in [1.29, 1.82) is 0 Å². The molecule has 2 N–H and O–H groups in total. The Kier molecular flexibility index (Phi) is 2.71. The van der Waals surface area contributed by atoms with Crippen LogP contribution in [0.15, 0.2) is 18.2 Å². The third-order valence-electron chi connectivity index (χ3n) is 4.18. The molecule has 2 aliphatic rings. The minimum atomic E-state index is 0.516. The summed E-state index contributed by atoms with van der Waals surface area (Å²) in [5.74, 6) is 1.03. The van der Waals surface area contributed by atoms with Gasteiger partial charge in [0.15, 0.2) is 0 Å². The third-order valence-corrected chi connectivity index (χ3v) is 4.18. The minimum Gasteiger partial charge on any atom is -0.496 e. The summed E-state index contributed by atoms with van der Waals surface area (Å²) in [5, 5.41) is 0. The van der Waals surface area contributed by atoms with Crippen molar-refractivity contribution in [2.75, 3.05) is 18.6 Å². The predicted octanol–water partition coefficient (Wildman–Crippen LogP) is 1.94. The normalized spacial score (nSPS) is 26.6. The van der Waals surface area contributed by atoms with Crippen LogP contribution in [0.25, 0.3) is 0 Å². The lowest BCUT2D eigenvalue weighted by molar-refractivity contribution is 0.393. The Hall–Kier alpha value is -1.22. The van der Waals surface area contributed by atoms with Gasteiger partial charge in [0.1, 0.15) is 5.75 Å². The van der Waals surface area contributed by atoms with E-state index in [1.165, 1.54) is 30.5 Å². The third kappa shape index (κ3) is 1.61. The van der Waals surface area contributed by atoms with E-state index in [2.05, 4.69) is 23.1 Å². The van der Waals surface area contributed by atoms with Gasteiger partial charge in [-0.1, -0.05) is 6.07 Å². The number of ether oxygens (including phenoxy) is 1. The molecule has 0 saturated carbocycles. The summed E-state index contributed by atoms with van der Waals surface area (Å²) in [6.45, 7) is 0.757. The van der Waals surface area contributed by atoms with E-state index in [1.54, 1.807) is 7.11 Å². The highest BCUT2D eigenvalue weighted by atomic mass is 16.5. The second kappa shape index (κ2) is 4.22. The molecule has 1 aromatic rings. The molecule has 0 spiro atoms. The van der Waals surface area contributed by atoms with Crippen LogP contribution in [0.2, 0.25) is 0 Å². The summed E-state index contributed by atoms with van der Waals surface area (Å²) in [5.41, 5.74) is 8.64. The Morgan fingerprint density at radius 3 is 3.06 bits per heavy atom. The first-order chi connectivity index (χ1) is 8.35. The number of hydrogen-bond acceptors (Lipinski definition) is 3. The molecule has 2 heterocycles. The van der Waals surface area contributed by atoms with Crippen LogP contribution in [0.5, 0.6) is 5.75 Å². The summed E-state index contributed by atoms with van der Waals surface area (Å²) in [4.78, 5) is 2.54. The maximum atomic E-state index is 5.91. The van der Waals surface area contributed by atoms with Crippen LogP contribution in [-0.2, 0) is 6.42 Å². The van der Waals surface area contributed by atoms with Crippen LogP contribution in [0.4, 0.5) is 5.69 Å². The molecular weight excluding hydrogens is 212 g/mol. The number of anilines is 1. The van der Waals surface area contributed by atoms with Crippen LogP contribution in [0.1, 0.15) is 24.8 Å². The molecule has 3 heteroatoms. The summed E-state index contributed by atoms with van der Waals surface area (Å²) in [6.07, 6.45) is 4.94. The van der Waals surface area contributed by atoms with Crippen LogP contribution in [0.3, 0.4) is 0 Å². The van der Waals surface area contributed by atoms with Gasteiger partial charge in [0.2, 0.25) is 0 Å². The van der Waals surface area contributed by atoms with Crippen molar-refractivity contribution in [2.45, 2.75) is 37.8 Å². The van der Waals surface area contributed by atoms with E-state index in [0.29, 0.717) is 12.1 Å². The second-order valence-electron chi connectivity index (χ2n) is 5.04. The van der Waals surface area contributed by atoms with E-state index in [4.69, 9.17) is 10.5 Å². The molecule has 3 nitrogen and oxygen atoms in total. The van der Waals surface area contributed by atoms with Gasteiger partial charge in [-0.25, -0.2) is 0 Å². The van der Waals surface area contributed by atoms with Crippen LogP contribution in [0, 0.1) is 0 Å². The zero-order valence-corrected chi connectivity index (χ0v) is 10.4. The number of hydrogen-bond donors (Lipinski definition) is 1. The number of piperidine rings is 1. The molecule has 1 aromatic carbocycles. The largest absolute Gasteiger partial charge is 0.496 e. The smallest absolute Gasteiger partial charge is 0.124 e. The number of fused-ring (bicyclic) bond motifs is 3. The van der Waals surface area contributed by atoms with Gasteiger partial charge in [-0.05, 0) is 37.8 Å². The summed E-state index contributed by atoms with van der Waals surface area (Å²) in [6, 6.07) is 7.52. The molecule has 1 saturated heterocycles. The summed E-state index contributed by atoms with van der Waals surface area (Å²) < 4.78 is 5.47. The molecule has 92 valence electrons. The lowest BCUT2D eigenvalue weighted by atomic mass is 9.96. The van der Waals surface area contributed by atoms with Gasteiger partial charge in [0.05, 0.1) is 7.11 Å². The molecule has 2 atom stereocenters. The molecule has 0 radical (unpaired) electrons. The van der Waals surface area contributed by atoms with Crippen molar-refractivity contribution in [1.82, 2.24) is 0 Å². The maximum Gasteiger partial charge on any atom is 0.124 e. The molecule has 2 aliphatic heterocycles. The standard InChI is InChI=1S/C14H20N2O/c1-17-14-7-3-6-13-12(14)8-10-4-2-5-11(9-15)16(10)13/h3,6-7,10-11H,2,4-5,8-9,15H2,1H3. The highest BCUT2D eigenvalue weighted by molar-refractivity contribution is 5.65. The van der Waals surface area contributed by atoms with Crippen LogP contribution in [-0.4, -0.2) is 25.7 Å². The quantitative estimate of drug-likeness (QED) is 0.847. The van der Waals surface area contributed by atoms with E-state index in [9.17, 15) is 0 Å². The first kappa shape index (κ1) is 10.9. The van der Waals surface area contributed by atoms with E-state index in [1.807, 2.05) is 0 Å². The number of methoxy groups -OCH3 is 1. The molecule has 0 bridgehead atoms. The lowest BCUT2D eigenvalue weighted by Crippen LogP contribution is -2.48. The summed E-state index contributed by atoms with van der Waals surface area (Å²) in [7, 11) is 1.76. The number of rotatable bonds is 2.